The Bertz CT molecular complexity index is 171. The van der Waals surface area contributed by atoms with Gasteiger partial charge in [0.1, 0.15) is 0 Å². The van der Waals surface area contributed by atoms with E-state index in [2.05, 4.69) is 0 Å². The topological polar surface area (TPSA) is 46.2 Å². The lowest BCUT2D eigenvalue weighted by molar-refractivity contribution is -0.0378. The van der Waals surface area contributed by atoms with Crippen LogP contribution in [0.3, 0.4) is 0 Å². The summed E-state index contributed by atoms with van der Waals surface area (Å²) in [6.45, 7) is 0.685. The molecule has 0 bridgehead atoms. The lowest BCUT2D eigenvalue weighted by Gasteiger charge is -2.41. The van der Waals surface area contributed by atoms with E-state index in [0.29, 0.717) is 12.5 Å². The zero-order valence-corrected chi connectivity index (χ0v) is 8.34. The molecule has 0 aliphatic heterocycles. The molecule has 2 aliphatic carbocycles. The Morgan fingerprint density at radius 2 is 1.85 bits per heavy atom. The fourth-order valence-corrected chi connectivity index (χ4v) is 2.96. The van der Waals surface area contributed by atoms with Crippen LogP contribution in [0.2, 0.25) is 0 Å². The van der Waals surface area contributed by atoms with Gasteiger partial charge in [-0.25, -0.2) is 0 Å². The van der Waals surface area contributed by atoms with E-state index in [1.165, 1.54) is 32.1 Å². The first-order valence-corrected chi connectivity index (χ1v) is 5.67. The minimum atomic E-state index is -0.103. The van der Waals surface area contributed by atoms with Crippen molar-refractivity contribution in [3.63, 3.8) is 0 Å². The van der Waals surface area contributed by atoms with Crippen LogP contribution in [0, 0.1) is 11.3 Å². The summed E-state index contributed by atoms with van der Waals surface area (Å²) in [5.74, 6) is 0.571. The zero-order valence-electron chi connectivity index (χ0n) is 8.34. The van der Waals surface area contributed by atoms with Gasteiger partial charge in [0, 0.05) is 12.0 Å². The highest BCUT2D eigenvalue weighted by Crippen LogP contribution is 2.46. The van der Waals surface area contributed by atoms with Crippen LogP contribution >= 0.6 is 0 Å². The van der Waals surface area contributed by atoms with Crippen LogP contribution in [0.25, 0.3) is 0 Å². The van der Waals surface area contributed by atoms with E-state index in [-0.39, 0.29) is 11.5 Å². The second kappa shape index (κ2) is 3.58. The summed E-state index contributed by atoms with van der Waals surface area (Å²) in [4.78, 5) is 0. The van der Waals surface area contributed by atoms with E-state index in [0.717, 1.165) is 12.8 Å². The fraction of sp³-hybridized carbons (Fsp3) is 1.00. The van der Waals surface area contributed by atoms with Crippen molar-refractivity contribution in [3.8, 4) is 0 Å². The molecule has 2 nitrogen and oxygen atoms in total. The Morgan fingerprint density at radius 1 is 1.23 bits per heavy atom. The van der Waals surface area contributed by atoms with E-state index in [1.54, 1.807) is 0 Å². The summed E-state index contributed by atoms with van der Waals surface area (Å²) >= 11 is 0. The third-order valence-corrected chi connectivity index (χ3v) is 4.23. The fourth-order valence-electron chi connectivity index (χ4n) is 2.96. The third-order valence-electron chi connectivity index (χ3n) is 4.23. The van der Waals surface area contributed by atoms with Gasteiger partial charge in [0.25, 0.3) is 0 Å². The van der Waals surface area contributed by atoms with Crippen molar-refractivity contribution in [1.82, 2.24) is 0 Å². The molecule has 76 valence electrons. The second-order valence-electron chi connectivity index (χ2n) is 4.91. The van der Waals surface area contributed by atoms with E-state index in [9.17, 15) is 5.11 Å². The summed E-state index contributed by atoms with van der Waals surface area (Å²) in [6, 6.07) is 0. The van der Waals surface area contributed by atoms with Gasteiger partial charge >= 0.3 is 0 Å². The van der Waals surface area contributed by atoms with Gasteiger partial charge in [-0.2, -0.15) is 0 Å². The van der Waals surface area contributed by atoms with E-state index >= 15 is 0 Å². The van der Waals surface area contributed by atoms with Gasteiger partial charge in [0.05, 0.1) is 6.10 Å². The first-order valence-electron chi connectivity index (χ1n) is 5.67. The molecule has 0 aromatic rings. The SMILES string of the molecule is NCC1([C@H](O)C2CCC2)CCCC1. The smallest absolute Gasteiger partial charge is 0.0636 e. The molecular formula is C11H21NO. The quantitative estimate of drug-likeness (QED) is 0.699. The highest BCUT2D eigenvalue weighted by molar-refractivity contribution is 4.96. The molecule has 0 aromatic carbocycles. The molecule has 0 unspecified atom stereocenters. The van der Waals surface area contributed by atoms with Crippen molar-refractivity contribution in [2.75, 3.05) is 6.54 Å². The monoisotopic (exact) mass is 183 g/mol. The summed E-state index contributed by atoms with van der Waals surface area (Å²) in [6.07, 6.45) is 8.49. The van der Waals surface area contributed by atoms with E-state index in [1.807, 2.05) is 0 Å². The average Bonchev–Trinajstić information content (AvgIpc) is 2.49. The molecule has 0 saturated heterocycles. The highest BCUT2D eigenvalue weighted by Gasteiger charge is 2.44. The zero-order chi connectivity index (χ0) is 9.31. The first-order chi connectivity index (χ1) is 6.28. The maximum absolute atomic E-state index is 10.2. The molecule has 0 radical (unpaired) electrons. The molecule has 2 aliphatic rings. The molecule has 1 atom stereocenters. The number of hydrogen-bond acceptors (Lipinski definition) is 2. The molecule has 2 rings (SSSR count). The Balaban J connectivity index is 2.01. The van der Waals surface area contributed by atoms with Gasteiger partial charge in [-0.05, 0) is 31.6 Å². The summed E-state index contributed by atoms with van der Waals surface area (Å²) in [7, 11) is 0. The van der Waals surface area contributed by atoms with Crippen LogP contribution in [-0.2, 0) is 0 Å². The first kappa shape index (κ1) is 9.47. The minimum absolute atomic E-state index is 0.102. The predicted octanol–water partition coefficient (Wildman–Crippen LogP) is 1.67. The molecule has 0 aromatic heterocycles. The molecule has 2 fully saturated rings. The van der Waals surface area contributed by atoms with Crippen molar-refractivity contribution in [2.45, 2.75) is 51.0 Å². The van der Waals surface area contributed by atoms with Crippen LogP contribution in [0.5, 0.6) is 0 Å². The van der Waals surface area contributed by atoms with Gasteiger partial charge < -0.3 is 10.8 Å². The van der Waals surface area contributed by atoms with Gasteiger partial charge in [-0.1, -0.05) is 19.3 Å². The Morgan fingerprint density at radius 3 is 2.23 bits per heavy atom. The van der Waals surface area contributed by atoms with Crippen LogP contribution in [0.4, 0.5) is 0 Å². The van der Waals surface area contributed by atoms with Crippen molar-refractivity contribution in [2.24, 2.45) is 17.1 Å². The molecular weight excluding hydrogens is 162 g/mol. The normalized spacial score (nSPS) is 30.0. The maximum atomic E-state index is 10.2. The number of hydrogen-bond donors (Lipinski definition) is 2. The lowest BCUT2D eigenvalue weighted by atomic mass is 9.68. The molecule has 0 spiro atoms. The largest absolute Gasteiger partial charge is 0.392 e. The average molecular weight is 183 g/mol. The third kappa shape index (κ3) is 1.50. The van der Waals surface area contributed by atoms with Gasteiger partial charge in [-0.15, -0.1) is 0 Å². The van der Waals surface area contributed by atoms with E-state index in [4.69, 9.17) is 5.73 Å². The number of aliphatic hydroxyl groups is 1. The Labute approximate surface area is 80.5 Å². The summed E-state index contributed by atoms with van der Waals surface area (Å²) < 4.78 is 0. The van der Waals surface area contributed by atoms with Crippen molar-refractivity contribution in [3.05, 3.63) is 0 Å². The van der Waals surface area contributed by atoms with Crippen LogP contribution in [-0.4, -0.2) is 17.8 Å². The van der Waals surface area contributed by atoms with Crippen molar-refractivity contribution < 1.29 is 5.11 Å². The van der Waals surface area contributed by atoms with Crippen LogP contribution in [0.1, 0.15) is 44.9 Å². The van der Waals surface area contributed by atoms with Gasteiger partial charge in [-0.3, -0.25) is 0 Å². The number of rotatable bonds is 3. The number of aliphatic hydroxyl groups excluding tert-OH is 1. The lowest BCUT2D eigenvalue weighted by Crippen LogP contribution is -2.45. The minimum Gasteiger partial charge on any atom is -0.392 e. The molecule has 0 heterocycles. The molecule has 13 heavy (non-hydrogen) atoms. The highest BCUT2D eigenvalue weighted by atomic mass is 16.3. The van der Waals surface area contributed by atoms with Crippen molar-refractivity contribution in [1.29, 1.82) is 0 Å². The van der Waals surface area contributed by atoms with Gasteiger partial charge in [0.15, 0.2) is 0 Å². The predicted molar refractivity (Wildman–Crippen MR) is 53.3 cm³/mol. The maximum Gasteiger partial charge on any atom is 0.0636 e. The Hall–Kier alpha value is -0.0800. The molecule has 3 N–H and O–H groups in total. The van der Waals surface area contributed by atoms with Crippen LogP contribution < -0.4 is 5.73 Å². The van der Waals surface area contributed by atoms with E-state index < -0.39 is 0 Å². The number of nitrogens with two attached hydrogens (primary N) is 1. The summed E-state index contributed by atoms with van der Waals surface area (Å²) in [5.41, 5.74) is 5.93. The summed E-state index contributed by atoms with van der Waals surface area (Å²) in [5, 5.41) is 10.2. The standard InChI is InChI=1S/C11H21NO/c12-8-11(6-1-2-7-11)10(13)9-4-3-5-9/h9-10,13H,1-8,12H2/t10-/m1/s1. The van der Waals surface area contributed by atoms with Crippen molar-refractivity contribution >= 4 is 0 Å². The van der Waals surface area contributed by atoms with Gasteiger partial charge in [0.2, 0.25) is 0 Å². The molecule has 0 amide bonds. The molecule has 2 saturated carbocycles. The second-order valence-corrected chi connectivity index (χ2v) is 4.91. The Kier molecular flexibility index (Phi) is 2.61. The van der Waals surface area contributed by atoms with Crippen LogP contribution in [0.15, 0.2) is 0 Å². The molecule has 2 heteroatoms.